The van der Waals surface area contributed by atoms with E-state index in [-0.39, 0.29) is 5.92 Å². The zero-order valence-electron chi connectivity index (χ0n) is 8.64. The van der Waals surface area contributed by atoms with Crippen LogP contribution in [-0.4, -0.2) is 28.9 Å². The molecule has 1 aromatic rings. The van der Waals surface area contributed by atoms with Gasteiger partial charge in [-0.2, -0.15) is 0 Å². The highest BCUT2D eigenvalue weighted by Crippen LogP contribution is 2.20. The first-order chi connectivity index (χ1) is 7.13. The van der Waals surface area contributed by atoms with E-state index in [9.17, 15) is 4.79 Å². The standard InChI is InChI=1S/C10H13NO3S/c1-7(10(12)13)6-15-9-4-3-8(14-2)5-11-9/h3-5,7H,6H2,1-2H3,(H,12,13). The van der Waals surface area contributed by atoms with Crippen molar-refractivity contribution in [3.05, 3.63) is 18.3 Å². The number of thioether (sulfide) groups is 1. The number of carboxylic acids is 1. The molecule has 0 saturated heterocycles. The minimum Gasteiger partial charge on any atom is -0.495 e. The van der Waals surface area contributed by atoms with Crippen molar-refractivity contribution in [1.82, 2.24) is 4.98 Å². The molecule has 15 heavy (non-hydrogen) atoms. The van der Waals surface area contributed by atoms with Gasteiger partial charge in [0.2, 0.25) is 0 Å². The fraction of sp³-hybridized carbons (Fsp3) is 0.400. The van der Waals surface area contributed by atoms with E-state index in [1.165, 1.54) is 11.8 Å². The molecule has 0 fully saturated rings. The molecule has 0 aliphatic heterocycles. The maximum absolute atomic E-state index is 10.6. The molecule has 82 valence electrons. The van der Waals surface area contributed by atoms with Crippen molar-refractivity contribution in [2.75, 3.05) is 12.9 Å². The smallest absolute Gasteiger partial charge is 0.307 e. The Balaban J connectivity index is 2.47. The summed E-state index contributed by atoms with van der Waals surface area (Å²) in [5, 5.41) is 9.50. The van der Waals surface area contributed by atoms with Crippen LogP contribution in [0.25, 0.3) is 0 Å². The van der Waals surface area contributed by atoms with Crippen LogP contribution < -0.4 is 4.74 Å². The van der Waals surface area contributed by atoms with Gasteiger partial charge in [0.15, 0.2) is 0 Å². The second kappa shape index (κ2) is 5.60. The van der Waals surface area contributed by atoms with Crippen LogP contribution in [0.1, 0.15) is 6.92 Å². The van der Waals surface area contributed by atoms with Gasteiger partial charge in [0.05, 0.1) is 24.3 Å². The van der Waals surface area contributed by atoms with E-state index < -0.39 is 5.97 Å². The van der Waals surface area contributed by atoms with E-state index in [0.717, 1.165) is 5.03 Å². The fourth-order valence-corrected chi connectivity index (χ4v) is 1.71. The number of methoxy groups -OCH3 is 1. The third kappa shape index (κ3) is 3.79. The van der Waals surface area contributed by atoms with Crippen molar-refractivity contribution in [3.8, 4) is 5.75 Å². The van der Waals surface area contributed by atoms with Gasteiger partial charge in [0, 0.05) is 5.75 Å². The van der Waals surface area contributed by atoms with Crippen molar-refractivity contribution < 1.29 is 14.6 Å². The average molecular weight is 227 g/mol. The van der Waals surface area contributed by atoms with Crippen molar-refractivity contribution in [2.24, 2.45) is 5.92 Å². The maximum atomic E-state index is 10.6. The number of ether oxygens (including phenoxy) is 1. The monoisotopic (exact) mass is 227 g/mol. The summed E-state index contributed by atoms with van der Waals surface area (Å²) in [5.74, 6) is 0.0785. The SMILES string of the molecule is COc1ccc(SCC(C)C(=O)O)nc1. The normalized spacial score (nSPS) is 12.1. The summed E-state index contributed by atoms with van der Waals surface area (Å²) in [4.78, 5) is 14.7. The van der Waals surface area contributed by atoms with Gasteiger partial charge >= 0.3 is 5.97 Å². The summed E-state index contributed by atoms with van der Waals surface area (Å²) in [7, 11) is 1.58. The molecule has 4 nitrogen and oxygen atoms in total. The number of aliphatic carboxylic acids is 1. The third-order valence-electron chi connectivity index (χ3n) is 1.85. The number of carbonyl (C=O) groups is 1. The summed E-state index contributed by atoms with van der Waals surface area (Å²) < 4.78 is 4.97. The topological polar surface area (TPSA) is 59.4 Å². The minimum atomic E-state index is -0.781. The van der Waals surface area contributed by atoms with E-state index in [4.69, 9.17) is 9.84 Å². The Morgan fingerprint density at radius 3 is 2.87 bits per heavy atom. The van der Waals surface area contributed by atoms with Gasteiger partial charge in [-0.15, -0.1) is 11.8 Å². The highest BCUT2D eigenvalue weighted by molar-refractivity contribution is 7.99. The van der Waals surface area contributed by atoms with Crippen molar-refractivity contribution in [1.29, 1.82) is 0 Å². The van der Waals surface area contributed by atoms with E-state index in [1.54, 1.807) is 26.3 Å². The minimum absolute atomic E-state index is 0.362. The lowest BCUT2D eigenvalue weighted by molar-refractivity contribution is -0.140. The quantitative estimate of drug-likeness (QED) is 0.778. The van der Waals surface area contributed by atoms with E-state index in [0.29, 0.717) is 11.5 Å². The molecule has 0 aliphatic rings. The number of pyridine rings is 1. The lowest BCUT2D eigenvalue weighted by Gasteiger charge is -2.05. The van der Waals surface area contributed by atoms with Gasteiger partial charge in [0.25, 0.3) is 0 Å². The Morgan fingerprint density at radius 1 is 1.67 bits per heavy atom. The van der Waals surface area contributed by atoms with Gasteiger partial charge < -0.3 is 9.84 Å². The number of hydrogen-bond donors (Lipinski definition) is 1. The highest BCUT2D eigenvalue weighted by Gasteiger charge is 2.11. The van der Waals surface area contributed by atoms with Crippen LogP contribution in [0, 0.1) is 5.92 Å². The summed E-state index contributed by atoms with van der Waals surface area (Å²) in [6.07, 6.45) is 1.62. The lowest BCUT2D eigenvalue weighted by atomic mass is 10.2. The number of aromatic nitrogens is 1. The van der Waals surface area contributed by atoms with E-state index in [2.05, 4.69) is 4.98 Å². The summed E-state index contributed by atoms with van der Waals surface area (Å²) in [6, 6.07) is 3.62. The predicted octanol–water partition coefficient (Wildman–Crippen LogP) is 1.90. The molecular formula is C10H13NO3S. The molecule has 1 N–H and O–H groups in total. The van der Waals surface area contributed by atoms with Gasteiger partial charge in [0.1, 0.15) is 5.75 Å². The molecule has 0 bridgehead atoms. The van der Waals surface area contributed by atoms with E-state index >= 15 is 0 Å². The van der Waals surface area contributed by atoms with Crippen LogP contribution in [0.3, 0.4) is 0 Å². The van der Waals surface area contributed by atoms with Crippen LogP contribution >= 0.6 is 11.8 Å². The molecule has 0 aromatic carbocycles. The summed E-state index contributed by atoms with van der Waals surface area (Å²) in [6.45, 7) is 1.68. The van der Waals surface area contributed by atoms with Gasteiger partial charge in [-0.3, -0.25) is 4.79 Å². The Kier molecular flexibility index (Phi) is 4.42. The number of rotatable bonds is 5. The second-order valence-electron chi connectivity index (χ2n) is 3.09. The zero-order chi connectivity index (χ0) is 11.3. The fourth-order valence-electron chi connectivity index (χ4n) is 0.855. The molecule has 1 unspecified atom stereocenters. The van der Waals surface area contributed by atoms with Crippen LogP contribution in [0.2, 0.25) is 0 Å². The van der Waals surface area contributed by atoms with Crippen LogP contribution in [-0.2, 0) is 4.79 Å². The molecule has 0 saturated carbocycles. The largest absolute Gasteiger partial charge is 0.495 e. The summed E-state index contributed by atoms with van der Waals surface area (Å²) >= 11 is 1.43. The first-order valence-corrected chi connectivity index (χ1v) is 5.47. The predicted molar refractivity (Wildman–Crippen MR) is 58.3 cm³/mol. The van der Waals surface area contributed by atoms with Gasteiger partial charge in [-0.05, 0) is 12.1 Å². The highest BCUT2D eigenvalue weighted by atomic mass is 32.2. The molecule has 1 aromatic heterocycles. The second-order valence-corrected chi connectivity index (χ2v) is 4.13. The number of nitrogens with zero attached hydrogens (tertiary/aromatic N) is 1. The van der Waals surface area contributed by atoms with Crippen molar-refractivity contribution in [2.45, 2.75) is 11.9 Å². The Bertz CT molecular complexity index is 326. The zero-order valence-corrected chi connectivity index (χ0v) is 9.45. The molecular weight excluding hydrogens is 214 g/mol. The van der Waals surface area contributed by atoms with Crippen LogP contribution in [0.15, 0.2) is 23.4 Å². The summed E-state index contributed by atoms with van der Waals surface area (Å²) in [5.41, 5.74) is 0. The third-order valence-corrected chi connectivity index (χ3v) is 3.05. The maximum Gasteiger partial charge on any atom is 0.307 e. The average Bonchev–Trinajstić information content (AvgIpc) is 2.26. The lowest BCUT2D eigenvalue weighted by Crippen LogP contribution is -2.11. The molecule has 0 spiro atoms. The van der Waals surface area contributed by atoms with Gasteiger partial charge in [-0.25, -0.2) is 4.98 Å². The molecule has 5 heteroatoms. The van der Waals surface area contributed by atoms with Gasteiger partial charge in [-0.1, -0.05) is 6.92 Å². The first-order valence-electron chi connectivity index (χ1n) is 4.49. The van der Waals surface area contributed by atoms with Crippen LogP contribution in [0.5, 0.6) is 5.75 Å². The Labute approximate surface area is 92.7 Å². The molecule has 1 rings (SSSR count). The molecule has 0 amide bonds. The molecule has 1 heterocycles. The first kappa shape index (κ1) is 11.8. The van der Waals surface area contributed by atoms with E-state index in [1.807, 2.05) is 6.07 Å². The van der Waals surface area contributed by atoms with Crippen molar-refractivity contribution >= 4 is 17.7 Å². The molecule has 0 aliphatic carbocycles. The Morgan fingerprint density at radius 2 is 2.40 bits per heavy atom. The number of carboxylic acid groups (broad SMARTS) is 1. The molecule has 0 radical (unpaired) electrons. The number of hydrogen-bond acceptors (Lipinski definition) is 4. The molecule has 1 atom stereocenters. The Hall–Kier alpha value is -1.23. The van der Waals surface area contributed by atoms with Crippen LogP contribution in [0.4, 0.5) is 0 Å². The van der Waals surface area contributed by atoms with Crippen molar-refractivity contribution in [3.63, 3.8) is 0 Å².